The van der Waals surface area contributed by atoms with E-state index < -0.39 is 30.4 Å². The van der Waals surface area contributed by atoms with Crippen molar-refractivity contribution in [3.05, 3.63) is 29.8 Å². The number of aliphatic hydroxyl groups excluding tert-OH is 1. The summed E-state index contributed by atoms with van der Waals surface area (Å²) in [5.41, 5.74) is 6.27. The molecule has 2 rings (SSSR count). The highest BCUT2D eigenvalue weighted by Crippen LogP contribution is 2.35. The minimum absolute atomic E-state index is 0. The second-order valence-electron chi connectivity index (χ2n) is 5.24. The molecule has 126 valence electrons. The van der Waals surface area contributed by atoms with Gasteiger partial charge >= 0.3 is 12.5 Å². The highest BCUT2D eigenvalue weighted by molar-refractivity contribution is 5.85. The van der Waals surface area contributed by atoms with E-state index in [9.17, 15) is 22.7 Å². The number of hydrogen-bond acceptors (Lipinski definition) is 3. The van der Waals surface area contributed by atoms with Gasteiger partial charge in [0.15, 0.2) is 0 Å². The molecule has 1 aliphatic rings. The Bertz CT molecular complexity index is 486. The van der Waals surface area contributed by atoms with Crippen LogP contribution in [0.3, 0.4) is 0 Å². The molecule has 2 atom stereocenters. The Kier molecular flexibility index (Phi) is 6.46. The van der Waals surface area contributed by atoms with Crippen LogP contribution >= 0.6 is 12.4 Å². The summed E-state index contributed by atoms with van der Waals surface area (Å²) in [6.07, 6.45) is -6.50. The van der Waals surface area contributed by atoms with Gasteiger partial charge in [0, 0.05) is 0 Å². The molecular weight excluding hydrogens is 326 g/mol. The predicted molar refractivity (Wildman–Crippen MR) is 75.5 cm³/mol. The summed E-state index contributed by atoms with van der Waals surface area (Å²) in [5.74, 6) is -0.318. The molecule has 8 heteroatoms. The van der Waals surface area contributed by atoms with Crippen molar-refractivity contribution >= 4 is 12.4 Å². The van der Waals surface area contributed by atoms with Crippen molar-refractivity contribution in [2.75, 3.05) is 0 Å². The van der Waals surface area contributed by atoms with Gasteiger partial charge in [-0.3, -0.25) is 0 Å². The lowest BCUT2D eigenvalue weighted by molar-refractivity contribution is -0.253. The third-order valence-electron chi connectivity index (χ3n) is 3.75. The first-order valence-electron chi connectivity index (χ1n) is 6.70. The van der Waals surface area contributed by atoms with Crippen molar-refractivity contribution in [2.45, 2.75) is 43.9 Å². The fourth-order valence-electron chi connectivity index (χ4n) is 2.26. The van der Waals surface area contributed by atoms with Crippen molar-refractivity contribution < 1.29 is 27.4 Å². The fraction of sp³-hybridized carbons (Fsp3) is 0.571. The van der Waals surface area contributed by atoms with E-state index in [2.05, 4.69) is 4.74 Å². The predicted octanol–water partition coefficient (Wildman–Crippen LogP) is 3.51. The first-order valence-corrected chi connectivity index (χ1v) is 6.70. The monoisotopic (exact) mass is 343 g/mol. The minimum Gasteiger partial charge on any atom is -0.428 e. The molecule has 0 radical (unpaired) electrons. The molecule has 0 unspecified atom stereocenters. The second kappa shape index (κ2) is 7.48. The zero-order chi connectivity index (χ0) is 15.6. The molecule has 1 aromatic carbocycles. The van der Waals surface area contributed by atoms with E-state index in [4.69, 9.17) is 5.73 Å². The van der Waals surface area contributed by atoms with Gasteiger partial charge < -0.3 is 15.6 Å². The normalized spacial score (nSPS) is 18.3. The van der Waals surface area contributed by atoms with Crippen molar-refractivity contribution in [1.29, 1.82) is 0 Å². The number of nitrogens with two attached hydrogens (primary N) is 1. The number of hydrogen-bond donors (Lipinski definition) is 2. The van der Waals surface area contributed by atoms with E-state index in [1.165, 1.54) is 6.07 Å². The van der Waals surface area contributed by atoms with Crippen LogP contribution < -0.4 is 10.5 Å². The van der Waals surface area contributed by atoms with Gasteiger partial charge in [-0.2, -0.15) is 17.6 Å². The van der Waals surface area contributed by atoms with Crippen molar-refractivity contribution in [2.24, 2.45) is 11.7 Å². The molecule has 1 saturated carbocycles. The van der Waals surface area contributed by atoms with Gasteiger partial charge in [-0.05, 0) is 36.5 Å². The second-order valence-corrected chi connectivity index (χ2v) is 5.24. The summed E-state index contributed by atoms with van der Waals surface area (Å²) >= 11 is 0. The Morgan fingerprint density at radius 3 is 2.41 bits per heavy atom. The molecule has 0 aromatic heterocycles. The number of rotatable bonds is 6. The molecule has 0 heterocycles. The van der Waals surface area contributed by atoms with E-state index in [1.54, 1.807) is 6.07 Å². The molecule has 3 nitrogen and oxygen atoms in total. The SMILES string of the molecule is Cl.N[C@@H](c1cccc(OC(F)(F)C(F)F)c1)[C@H](O)C1CCC1. The van der Waals surface area contributed by atoms with E-state index >= 15 is 0 Å². The van der Waals surface area contributed by atoms with E-state index in [-0.39, 0.29) is 18.3 Å². The number of ether oxygens (including phenoxy) is 1. The van der Waals surface area contributed by atoms with Crippen LogP contribution in [0.4, 0.5) is 17.6 Å². The average molecular weight is 344 g/mol. The molecule has 1 aromatic rings. The summed E-state index contributed by atoms with van der Waals surface area (Å²) in [5, 5.41) is 10.1. The molecule has 0 spiro atoms. The lowest BCUT2D eigenvalue weighted by Crippen LogP contribution is -2.36. The smallest absolute Gasteiger partial charge is 0.428 e. The molecule has 3 N–H and O–H groups in total. The van der Waals surface area contributed by atoms with Crippen LogP contribution in [0.5, 0.6) is 5.75 Å². The first-order chi connectivity index (χ1) is 9.81. The molecule has 0 saturated heterocycles. The van der Waals surface area contributed by atoms with Crippen LogP contribution in [0.2, 0.25) is 0 Å². The number of aliphatic hydroxyl groups is 1. The average Bonchev–Trinajstić information content (AvgIpc) is 2.35. The lowest BCUT2D eigenvalue weighted by atomic mass is 9.77. The van der Waals surface area contributed by atoms with Crippen molar-refractivity contribution in [1.82, 2.24) is 0 Å². The maximum atomic E-state index is 12.9. The summed E-state index contributed by atoms with van der Waals surface area (Å²) in [4.78, 5) is 0. The zero-order valence-electron chi connectivity index (χ0n) is 11.6. The topological polar surface area (TPSA) is 55.5 Å². The maximum absolute atomic E-state index is 12.9. The van der Waals surface area contributed by atoms with Gasteiger partial charge in [0.2, 0.25) is 0 Å². The van der Waals surface area contributed by atoms with E-state index in [0.29, 0.717) is 5.56 Å². The van der Waals surface area contributed by atoms with Gasteiger partial charge in [0.1, 0.15) is 5.75 Å². The highest BCUT2D eigenvalue weighted by atomic mass is 35.5. The Morgan fingerprint density at radius 2 is 1.91 bits per heavy atom. The van der Waals surface area contributed by atoms with Crippen molar-refractivity contribution in [3.8, 4) is 5.75 Å². The van der Waals surface area contributed by atoms with Crippen molar-refractivity contribution in [3.63, 3.8) is 0 Å². The van der Waals surface area contributed by atoms with Gasteiger partial charge in [-0.15, -0.1) is 12.4 Å². The Labute approximate surface area is 131 Å². The maximum Gasteiger partial charge on any atom is 0.461 e. The molecule has 22 heavy (non-hydrogen) atoms. The van der Waals surface area contributed by atoms with Crippen LogP contribution in [0.15, 0.2) is 24.3 Å². The number of benzene rings is 1. The molecule has 0 aliphatic heterocycles. The largest absolute Gasteiger partial charge is 0.461 e. The number of alkyl halides is 4. The minimum atomic E-state index is -4.56. The summed E-state index contributed by atoms with van der Waals surface area (Å²) in [7, 11) is 0. The van der Waals surface area contributed by atoms with Gasteiger partial charge in [-0.25, -0.2) is 0 Å². The van der Waals surface area contributed by atoms with E-state index in [0.717, 1.165) is 31.4 Å². The number of halogens is 5. The first kappa shape index (κ1) is 19.0. The Morgan fingerprint density at radius 1 is 1.27 bits per heavy atom. The molecular formula is C14H18ClF4NO2. The highest BCUT2D eigenvalue weighted by Gasteiger charge is 2.44. The van der Waals surface area contributed by atoms with Crippen LogP contribution in [0, 0.1) is 5.92 Å². The van der Waals surface area contributed by atoms with Crippen LogP contribution in [-0.4, -0.2) is 23.7 Å². The molecule has 0 bridgehead atoms. The molecule has 1 fully saturated rings. The zero-order valence-corrected chi connectivity index (χ0v) is 12.4. The molecule has 1 aliphatic carbocycles. The Balaban J connectivity index is 0.00000242. The van der Waals surface area contributed by atoms with Gasteiger partial charge in [0.25, 0.3) is 0 Å². The Hall–Kier alpha value is -1.05. The van der Waals surface area contributed by atoms with Gasteiger partial charge in [0.05, 0.1) is 12.1 Å². The van der Waals surface area contributed by atoms with Gasteiger partial charge in [-0.1, -0.05) is 18.6 Å². The van der Waals surface area contributed by atoms with Crippen LogP contribution in [0.25, 0.3) is 0 Å². The standard InChI is InChI=1S/C14H17F4NO2.ClH/c15-13(16)14(17,18)21-10-6-2-5-9(7-10)11(19)12(20)8-3-1-4-8;/h2,5-8,11-13,20H,1,3-4,19H2;1H/t11-,12+;/m0./s1. The third kappa shape index (κ3) is 4.24. The third-order valence-corrected chi connectivity index (χ3v) is 3.75. The fourth-order valence-corrected chi connectivity index (χ4v) is 2.26. The quantitative estimate of drug-likeness (QED) is 0.777. The molecule has 0 amide bonds. The lowest BCUT2D eigenvalue weighted by Gasteiger charge is -2.33. The van der Waals surface area contributed by atoms with Crippen LogP contribution in [-0.2, 0) is 0 Å². The summed E-state index contributed by atoms with van der Waals surface area (Å²) < 4.78 is 53.9. The van der Waals surface area contributed by atoms with E-state index in [1.807, 2.05) is 0 Å². The summed E-state index contributed by atoms with van der Waals surface area (Å²) in [6, 6.07) is 4.45. The van der Waals surface area contributed by atoms with Crippen LogP contribution in [0.1, 0.15) is 30.9 Å². The summed E-state index contributed by atoms with van der Waals surface area (Å²) in [6.45, 7) is 0.